The Morgan fingerprint density at radius 3 is 2.30 bits per heavy atom. The van der Waals surface area contributed by atoms with E-state index in [-0.39, 0.29) is 37.1 Å². The highest BCUT2D eigenvalue weighted by molar-refractivity contribution is 6.04. The second kappa shape index (κ2) is 9.33. The summed E-state index contributed by atoms with van der Waals surface area (Å²) in [5.74, 6) is -0.400. The Morgan fingerprint density at radius 1 is 0.879 bits per heavy atom. The molecule has 3 aliphatic heterocycles. The summed E-state index contributed by atoms with van der Waals surface area (Å²) >= 11 is 0. The Bertz CT molecular complexity index is 1050. The number of hydrazine groups is 1. The van der Waals surface area contributed by atoms with E-state index in [9.17, 15) is 14.4 Å². The summed E-state index contributed by atoms with van der Waals surface area (Å²) in [7, 11) is 0. The average Bonchev–Trinajstić information content (AvgIpc) is 3.16. The van der Waals surface area contributed by atoms with Gasteiger partial charge in [0.2, 0.25) is 11.8 Å². The molecule has 5 rings (SSSR count). The highest BCUT2D eigenvalue weighted by Crippen LogP contribution is 2.33. The third-order valence-electron chi connectivity index (χ3n) is 6.33. The number of rotatable bonds is 6. The number of nitrogens with zero attached hydrogens (tertiary/aromatic N) is 3. The van der Waals surface area contributed by atoms with Crippen molar-refractivity contribution >= 4 is 17.7 Å². The summed E-state index contributed by atoms with van der Waals surface area (Å²) in [6.45, 7) is 4.90. The topological polar surface area (TPSA) is 79.4 Å². The molecule has 0 aliphatic carbocycles. The normalized spacial score (nSPS) is 19.2. The van der Waals surface area contributed by atoms with Gasteiger partial charge in [-0.3, -0.25) is 19.3 Å². The van der Waals surface area contributed by atoms with Crippen LogP contribution in [0.5, 0.6) is 5.75 Å². The number of carbonyl (C=O) groups is 3. The molecule has 8 nitrogen and oxygen atoms in total. The lowest BCUT2D eigenvalue weighted by molar-refractivity contribution is -0.163. The highest BCUT2D eigenvalue weighted by Gasteiger charge is 2.40. The number of piperidine rings is 1. The first-order chi connectivity index (χ1) is 16.1. The first-order valence-electron chi connectivity index (χ1n) is 11.4. The van der Waals surface area contributed by atoms with E-state index < -0.39 is 0 Å². The minimum Gasteiger partial charge on any atom is -0.489 e. The molecule has 2 aromatic rings. The van der Waals surface area contributed by atoms with E-state index in [1.54, 1.807) is 12.1 Å². The zero-order valence-electron chi connectivity index (χ0n) is 18.5. The number of fused-ring (bicyclic) bond motifs is 1. The summed E-state index contributed by atoms with van der Waals surface area (Å²) in [5, 5.41) is 2.27. The first-order valence-corrected chi connectivity index (χ1v) is 11.4. The van der Waals surface area contributed by atoms with Crippen LogP contribution in [0.15, 0.2) is 42.5 Å². The van der Waals surface area contributed by atoms with Crippen molar-refractivity contribution in [1.82, 2.24) is 14.9 Å². The number of morpholine rings is 1. The predicted molar refractivity (Wildman–Crippen MR) is 119 cm³/mol. The van der Waals surface area contributed by atoms with Gasteiger partial charge in [0, 0.05) is 38.0 Å². The van der Waals surface area contributed by atoms with Gasteiger partial charge in [0.1, 0.15) is 12.4 Å². The molecule has 0 radical (unpaired) electrons. The van der Waals surface area contributed by atoms with Crippen LogP contribution in [0.2, 0.25) is 0 Å². The Morgan fingerprint density at radius 2 is 1.58 bits per heavy atom. The second-order valence-corrected chi connectivity index (χ2v) is 8.59. The summed E-state index contributed by atoms with van der Waals surface area (Å²) in [4.78, 5) is 39.9. The van der Waals surface area contributed by atoms with Gasteiger partial charge in [0.25, 0.3) is 5.91 Å². The molecule has 3 aliphatic rings. The first kappa shape index (κ1) is 21.6. The van der Waals surface area contributed by atoms with Crippen molar-refractivity contribution in [2.24, 2.45) is 0 Å². The van der Waals surface area contributed by atoms with E-state index in [1.165, 1.54) is 10.6 Å². The third-order valence-corrected chi connectivity index (χ3v) is 6.33. The Balaban J connectivity index is 1.25. The number of hydrogen-bond donors (Lipinski definition) is 0. The molecule has 3 amide bonds. The fourth-order valence-corrected chi connectivity index (χ4v) is 4.52. The van der Waals surface area contributed by atoms with Crippen LogP contribution in [0.4, 0.5) is 0 Å². The zero-order chi connectivity index (χ0) is 22.8. The average molecular weight is 450 g/mol. The van der Waals surface area contributed by atoms with Crippen molar-refractivity contribution in [1.29, 1.82) is 0 Å². The van der Waals surface area contributed by atoms with Gasteiger partial charge in [0.05, 0.1) is 25.3 Å². The Hall–Kier alpha value is -3.23. The monoisotopic (exact) mass is 449 g/mol. The van der Waals surface area contributed by atoms with Gasteiger partial charge >= 0.3 is 0 Å². The van der Waals surface area contributed by atoms with Gasteiger partial charge < -0.3 is 9.47 Å². The standard InChI is InChI=1S/C25H27N3O5/c29-23-5-2-6-24(30)28(23)27-16-21-20(25(27)31)3-1-4-22(21)33-17-19-9-7-18(8-10-19)15-26-11-13-32-14-12-26/h1,3-4,7-10H,2,5-6,11-17H2. The van der Waals surface area contributed by atoms with Crippen LogP contribution in [0, 0.1) is 0 Å². The summed E-state index contributed by atoms with van der Waals surface area (Å²) < 4.78 is 11.5. The summed E-state index contributed by atoms with van der Waals surface area (Å²) in [6.07, 6.45) is 1.08. The molecular weight excluding hydrogens is 422 g/mol. The molecule has 0 spiro atoms. The van der Waals surface area contributed by atoms with Gasteiger partial charge in [-0.2, -0.15) is 5.01 Å². The van der Waals surface area contributed by atoms with E-state index >= 15 is 0 Å². The molecule has 0 unspecified atom stereocenters. The molecule has 0 N–H and O–H groups in total. The number of ether oxygens (including phenoxy) is 2. The second-order valence-electron chi connectivity index (χ2n) is 8.59. The number of amides is 3. The largest absolute Gasteiger partial charge is 0.489 e. The maximum atomic E-state index is 12.9. The van der Waals surface area contributed by atoms with Crippen LogP contribution in [0.3, 0.4) is 0 Å². The lowest BCUT2D eigenvalue weighted by atomic mass is 10.1. The number of carbonyl (C=O) groups excluding carboxylic acids is 3. The van der Waals surface area contributed by atoms with Crippen molar-refractivity contribution in [2.75, 3.05) is 26.3 Å². The van der Waals surface area contributed by atoms with Crippen molar-refractivity contribution in [3.63, 3.8) is 0 Å². The van der Waals surface area contributed by atoms with Gasteiger partial charge in [-0.15, -0.1) is 0 Å². The molecule has 2 saturated heterocycles. The van der Waals surface area contributed by atoms with Gasteiger partial charge in [-0.25, -0.2) is 5.01 Å². The molecule has 0 atom stereocenters. The molecule has 2 fully saturated rings. The van der Waals surface area contributed by atoms with Crippen molar-refractivity contribution in [3.8, 4) is 5.75 Å². The summed E-state index contributed by atoms with van der Waals surface area (Å²) in [6, 6.07) is 13.6. The molecule has 8 heteroatoms. The minimum atomic E-state index is -0.341. The van der Waals surface area contributed by atoms with Gasteiger partial charge in [0.15, 0.2) is 0 Å². The van der Waals surface area contributed by atoms with Crippen molar-refractivity contribution in [3.05, 3.63) is 64.7 Å². The minimum absolute atomic E-state index is 0.153. The Labute approximate surface area is 192 Å². The highest BCUT2D eigenvalue weighted by atomic mass is 16.5. The van der Waals surface area contributed by atoms with Crippen LogP contribution in [-0.2, 0) is 34.0 Å². The fourth-order valence-electron chi connectivity index (χ4n) is 4.52. The molecule has 33 heavy (non-hydrogen) atoms. The van der Waals surface area contributed by atoms with E-state index in [4.69, 9.17) is 9.47 Å². The lowest BCUT2D eigenvalue weighted by Crippen LogP contribution is -2.52. The van der Waals surface area contributed by atoms with E-state index in [1.807, 2.05) is 6.07 Å². The number of imide groups is 1. The molecule has 0 bridgehead atoms. The van der Waals surface area contributed by atoms with Crippen LogP contribution < -0.4 is 4.74 Å². The SMILES string of the molecule is O=C1c2cccc(OCc3ccc(CN4CCOCC4)cc3)c2CN1N1C(=O)CCCC1=O. The smallest absolute Gasteiger partial charge is 0.273 e. The lowest BCUT2D eigenvalue weighted by Gasteiger charge is -2.32. The zero-order valence-corrected chi connectivity index (χ0v) is 18.5. The fraction of sp³-hybridized carbons (Fsp3) is 0.400. The molecule has 0 saturated carbocycles. The van der Waals surface area contributed by atoms with Gasteiger partial charge in [-0.05, 0) is 29.7 Å². The van der Waals surface area contributed by atoms with Crippen LogP contribution in [0.1, 0.15) is 46.3 Å². The Kier molecular flexibility index (Phi) is 6.11. The van der Waals surface area contributed by atoms with Crippen LogP contribution in [0.25, 0.3) is 0 Å². The van der Waals surface area contributed by atoms with Crippen molar-refractivity contribution in [2.45, 2.75) is 39.0 Å². The van der Waals surface area contributed by atoms with Crippen molar-refractivity contribution < 1.29 is 23.9 Å². The maximum absolute atomic E-state index is 12.9. The number of hydrogen-bond acceptors (Lipinski definition) is 6. The molecule has 0 aromatic heterocycles. The third kappa shape index (κ3) is 4.49. The van der Waals surface area contributed by atoms with Gasteiger partial charge in [-0.1, -0.05) is 30.3 Å². The van der Waals surface area contributed by atoms with Crippen LogP contribution in [-0.4, -0.2) is 58.9 Å². The number of benzene rings is 2. The molecule has 2 aromatic carbocycles. The van der Waals surface area contributed by atoms with Crippen LogP contribution >= 0.6 is 0 Å². The molecule has 3 heterocycles. The van der Waals surface area contributed by atoms with E-state index in [2.05, 4.69) is 29.2 Å². The predicted octanol–water partition coefficient (Wildman–Crippen LogP) is 2.51. The maximum Gasteiger partial charge on any atom is 0.273 e. The molecular formula is C25H27N3O5. The van der Waals surface area contributed by atoms with E-state index in [0.717, 1.165) is 43.4 Å². The van der Waals surface area contributed by atoms with E-state index in [0.29, 0.717) is 29.9 Å². The molecule has 172 valence electrons. The quantitative estimate of drug-likeness (QED) is 0.631. The summed E-state index contributed by atoms with van der Waals surface area (Å²) in [5.41, 5.74) is 3.45.